The lowest BCUT2D eigenvalue weighted by molar-refractivity contribution is 0.0615. The fraction of sp³-hybridized carbons (Fsp3) is 0. The van der Waals surface area contributed by atoms with E-state index in [9.17, 15) is 129 Å². The second kappa shape index (κ2) is 16.3. The summed E-state index contributed by atoms with van der Waals surface area (Å²) in [6.45, 7) is 0. The molecule has 0 fully saturated rings. The Kier molecular flexibility index (Phi) is 11.8. The molecule has 0 spiro atoms. The van der Waals surface area contributed by atoms with E-state index < -0.39 is 171 Å². The van der Waals surface area contributed by atoms with Crippen LogP contribution in [0.1, 0.15) is 135 Å². The number of rotatable bonds is 13. The standard InChI is InChI=1S/C19H10O10.C18H8O16/c20-15(21)10-7-4-2-1-3-6(7)5-8-9(10)12(17(24)25)14(19(28)29)13(18(26)27)11(8)16(22)23;19-11(20)3-1-2(5(13(23)24)9(17(31)32)7(3)15(27)28)6(14(25)26)10(18(33)34)8(16(29)30)4(1)12(21)22/h1-5H,(H,20,21)(H,22,23)(H,24,25)(H,26,27)(H,28,29);(H,19,20)(H,21,22)(H,23,24)(H,25,26)(H,27,28)(H,29,30)(H,31,32)(H,33,34). The van der Waals surface area contributed by atoms with Gasteiger partial charge < -0.3 is 66.4 Å². The molecular formula is C37H18O26. The Labute approximate surface area is 341 Å². The van der Waals surface area contributed by atoms with Crippen LogP contribution in [-0.2, 0) is 0 Å². The van der Waals surface area contributed by atoms with Crippen LogP contribution >= 0.6 is 0 Å². The number of hydrogen-bond donors (Lipinski definition) is 13. The van der Waals surface area contributed by atoms with Crippen molar-refractivity contribution in [3.05, 3.63) is 103 Å². The molecule has 0 aliphatic carbocycles. The molecule has 26 nitrogen and oxygen atoms in total. The van der Waals surface area contributed by atoms with Crippen molar-refractivity contribution in [3.8, 4) is 0 Å². The summed E-state index contributed by atoms with van der Waals surface area (Å²) in [4.78, 5) is 154. The average Bonchev–Trinajstić information content (AvgIpc) is 3.15. The summed E-state index contributed by atoms with van der Waals surface area (Å²) >= 11 is 0. The molecule has 0 aliphatic heterocycles. The molecule has 26 heteroatoms. The van der Waals surface area contributed by atoms with Gasteiger partial charge in [0.15, 0.2) is 0 Å². The van der Waals surface area contributed by atoms with Crippen LogP contribution < -0.4 is 0 Å². The van der Waals surface area contributed by atoms with Crippen LogP contribution in [0.5, 0.6) is 0 Å². The fourth-order valence-electron chi connectivity index (χ4n) is 6.86. The van der Waals surface area contributed by atoms with E-state index in [0.717, 1.165) is 6.07 Å². The molecule has 5 rings (SSSR count). The van der Waals surface area contributed by atoms with Crippen molar-refractivity contribution in [1.29, 1.82) is 0 Å². The zero-order valence-electron chi connectivity index (χ0n) is 30.0. The number of carbonyl (C=O) groups is 13. The van der Waals surface area contributed by atoms with E-state index in [0.29, 0.717) is 0 Å². The smallest absolute Gasteiger partial charge is 0.337 e. The number of carboxylic acids is 13. The minimum absolute atomic E-state index is 0.0331. The molecule has 0 aliphatic rings. The molecule has 63 heavy (non-hydrogen) atoms. The van der Waals surface area contributed by atoms with Crippen LogP contribution in [0.4, 0.5) is 0 Å². The molecule has 0 atom stereocenters. The van der Waals surface area contributed by atoms with Crippen molar-refractivity contribution in [1.82, 2.24) is 0 Å². The number of benzene rings is 5. The Morgan fingerprint density at radius 1 is 0.238 bits per heavy atom. The van der Waals surface area contributed by atoms with Gasteiger partial charge in [-0.3, -0.25) is 0 Å². The SMILES string of the molecule is O=C(O)c1c(C(=O)O)c(C(=O)O)c2c(C(=O)O)c(C(=O)O)c(C(=O)O)c(C(=O)O)c2c1C(=O)O.O=C(O)c1c(C(=O)O)c(C(=O)O)c2c(C(=O)O)c3ccccc3cc2c1C(=O)O. The maximum absolute atomic E-state index is 12.0. The Hall–Kier alpha value is -10.0. The Bertz CT molecular complexity index is 2900. The summed E-state index contributed by atoms with van der Waals surface area (Å²) in [5.74, 6) is -28.7. The van der Waals surface area contributed by atoms with Gasteiger partial charge in [-0.05, 0) is 22.2 Å². The van der Waals surface area contributed by atoms with Gasteiger partial charge in [0.2, 0.25) is 0 Å². The van der Waals surface area contributed by atoms with Crippen LogP contribution in [0.15, 0.2) is 30.3 Å². The first kappa shape index (κ1) is 45.7. The Balaban J connectivity index is 0.000000280. The number of fused-ring (bicyclic) bond motifs is 3. The highest BCUT2D eigenvalue weighted by atomic mass is 16.4. The monoisotopic (exact) mass is 878 g/mol. The van der Waals surface area contributed by atoms with Gasteiger partial charge in [-0.25, -0.2) is 62.3 Å². The quantitative estimate of drug-likeness (QED) is 0.0756. The van der Waals surface area contributed by atoms with Crippen LogP contribution in [0.2, 0.25) is 0 Å². The topological polar surface area (TPSA) is 485 Å². The van der Waals surface area contributed by atoms with Gasteiger partial charge in [0.1, 0.15) is 0 Å². The summed E-state index contributed by atoms with van der Waals surface area (Å²) in [7, 11) is 0. The highest BCUT2D eigenvalue weighted by molar-refractivity contribution is 6.33. The van der Waals surface area contributed by atoms with Crippen LogP contribution in [-0.4, -0.2) is 144 Å². The molecule has 0 bridgehead atoms. The predicted molar refractivity (Wildman–Crippen MR) is 196 cm³/mol. The maximum Gasteiger partial charge on any atom is 0.337 e. The maximum atomic E-state index is 12.0. The van der Waals surface area contributed by atoms with E-state index in [2.05, 4.69) is 0 Å². The fourth-order valence-corrected chi connectivity index (χ4v) is 6.86. The minimum Gasteiger partial charge on any atom is -0.478 e. The molecule has 0 heterocycles. The summed E-state index contributed by atoms with van der Waals surface area (Å²) in [5.41, 5.74) is -19.7. The van der Waals surface area contributed by atoms with Crippen molar-refractivity contribution in [2.45, 2.75) is 0 Å². The van der Waals surface area contributed by atoms with Crippen molar-refractivity contribution in [3.63, 3.8) is 0 Å². The van der Waals surface area contributed by atoms with Crippen molar-refractivity contribution < 1.29 is 129 Å². The molecule has 5 aromatic carbocycles. The number of carboxylic acid groups (broad SMARTS) is 13. The van der Waals surface area contributed by atoms with Crippen LogP contribution in [0, 0.1) is 0 Å². The zero-order valence-corrected chi connectivity index (χ0v) is 30.0. The summed E-state index contributed by atoms with van der Waals surface area (Å²) in [6.07, 6.45) is 0. The van der Waals surface area contributed by atoms with Crippen molar-refractivity contribution >= 4 is 110 Å². The van der Waals surface area contributed by atoms with Crippen LogP contribution in [0.25, 0.3) is 32.3 Å². The molecule has 322 valence electrons. The first-order valence-corrected chi connectivity index (χ1v) is 16.0. The molecule has 0 saturated carbocycles. The molecule has 0 amide bonds. The third-order valence-corrected chi connectivity index (χ3v) is 8.85. The van der Waals surface area contributed by atoms with E-state index in [1.54, 1.807) is 0 Å². The molecular weight excluding hydrogens is 860 g/mol. The number of aromatic carboxylic acids is 13. The van der Waals surface area contributed by atoms with Gasteiger partial charge in [0.05, 0.1) is 72.3 Å². The van der Waals surface area contributed by atoms with E-state index in [1.807, 2.05) is 0 Å². The van der Waals surface area contributed by atoms with Crippen molar-refractivity contribution in [2.75, 3.05) is 0 Å². The molecule has 0 radical (unpaired) electrons. The lowest BCUT2D eigenvalue weighted by Crippen LogP contribution is -2.26. The first-order valence-electron chi connectivity index (χ1n) is 16.0. The van der Waals surface area contributed by atoms with Gasteiger partial charge >= 0.3 is 77.6 Å². The van der Waals surface area contributed by atoms with Gasteiger partial charge in [0.25, 0.3) is 0 Å². The van der Waals surface area contributed by atoms with Crippen molar-refractivity contribution in [2.24, 2.45) is 0 Å². The largest absolute Gasteiger partial charge is 0.478 e. The van der Waals surface area contributed by atoms with Gasteiger partial charge in [0, 0.05) is 16.2 Å². The molecule has 0 aromatic heterocycles. The molecule has 5 aromatic rings. The van der Waals surface area contributed by atoms with E-state index in [4.69, 9.17) is 0 Å². The first-order chi connectivity index (χ1) is 29.1. The summed E-state index contributed by atoms with van der Waals surface area (Å²) < 4.78 is 0. The molecule has 0 saturated heterocycles. The summed E-state index contributed by atoms with van der Waals surface area (Å²) in [6, 6.07) is 6.88. The van der Waals surface area contributed by atoms with Gasteiger partial charge in [-0.15, -0.1) is 0 Å². The van der Waals surface area contributed by atoms with Gasteiger partial charge in [-0.2, -0.15) is 0 Å². The zero-order chi connectivity index (χ0) is 48.0. The molecule has 0 unspecified atom stereocenters. The van der Waals surface area contributed by atoms with Gasteiger partial charge in [-0.1, -0.05) is 24.3 Å². The third-order valence-electron chi connectivity index (χ3n) is 8.85. The second-order valence-electron chi connectivity index (χ2n) is 12.1. The molecule has 13 N–H and O–H groups in total. The normalized spacial score (nSPS) is 10.6. The van der Waals surface area contributed by atoms with E-state index in [1.165, 1.54) is 24.3 Å². The highest BCUT2D eigenvalue weighted by Gasteiger charge is 2.42. The summed E-state index contributed by atoms with van der Waals surface area (Å²) in [5, 5.41) is 120. The number of hydrogen-bond acceptors (Lipinski definition) is 13. The lowest BCUT2D eigenvalue weighted by Gasteiger charge is -2.20. The Morgan fingerprint density at radius 3 is 0.714 bits per heavy atom. The highest BCUT2D eigenvalue weighted by Crippen LogP contribution is 2.41. The average molecular weight is 879 g/mol. The van der Waals surface area contributed by atoms with Crippen LogP contribution in [0.3, 0.4) is 0 Å². The van der Waals surface area contributed by atoms with E-state index >= 15 is 0 Å². The predicted octanol–water partition coefficient (Wildman–Crippen LogP) is 2.91. The third kappa shape index (κ3) is 7.35. The Morgan fingerprint density at radius 2 is 0.460 bits per heavy atom. The minimum atomic E-state index is -2.42. The second-order valence-corrected chi connectivity index (χ2v) is 12.1. The lowest BCUT2D eigenvalue weighted by atomic mass is 9.80. The van der Waals surface area contributed by atoms with E-state index in [-0.39, 0.29) is 10.8 Å².